The van der Waals surface area contributed by atoms with Gasteiger partial charge in [0.25, 0.3) is 0 Å². The van der Waals surface area contributed by atoms with Gasteiger partial charge in [-0.15, -0.1) is 0 Å². The summed E-state index contributed by atoms with van der Waals surface area (Å²) in [7, 11) is 0. The zero-order valence-electron chi connectivity index (χ0n) is 24.0. The highest BCUT2D eigenvalue weighted by atomic mass is 16.3. The Morgan fingerprint density at radius 3 is 2.11 bits per heavy atom. The maximum absolute atomic E-state index is 6.40. The Hall–Kier alpha value is -5.80. The fourth-order valence-electron chi connectivity index (χ4n) is 6.87. The van der Waals surface area contributed by atoms with E-state index in [0.717, 1.165) is 39.4 Å². The molecular formula is C41H28N2O. The molecule has 0 atom stereocenters. The predicted octanol–water partition coefficient (Wildman–Crippen LogP) is 11.1. The number of anilines is 3. The van der Waals surface area contributed by atoms with Crippen LogP contribution in [0.15, 0.2) is 150 Å². The van der Waals surface area contributed by atoms with Crippen LogP contribution in [0.1, 0.15) is 11.3 Å². The molecule has 3 heteroatoms. The molecule has 3 nitrogen and oxygen atoms in total. The van der Waals surface area contributed by atoms with Crippen molar-refractivity contribution in [3.05, 3.63) is 157 Å². The highest BCUT2D eigenvalue weighted by Crippen LogP contribution is 2.47. The van der Waals surface area contributed by atoms with Crippen LogP contribution in [0.2, 0.25) is 0 Å². The molecule has 0 amide bonds. The standard InChI is InChI=1S/C41H28N2O/c1-2-9-27(10-3-1)28-17-20-31(21-18-28)43(36-15-8-16-38-41(36)35-23-24-42-26-39(35)44-38)37-25-30-12-5-7-14-33(30)40-32-13-6-4-11-29(32)19-22-34(37)40/h1-25,42H,26H2. The van der Waals surface area contributed by atoms with Gasteiger partial charge >= 0.3 is 0 Å². The van der Waals surface area contributed by atoms with Crippen molar-refractivity contribution in [3.8, 4) is 11.1 Å². The van der Waals surface area contributed by atoms with Crippen molar-refractivity contribution in [1.82, 2.24) is 5.32 Å². The molecule has 44 heavy (non-hydrogen) atoms. The second kappa shape index (κ2) is 9.89. The van der Waals surface area contributed by atoms with Gasteiger partial charge in [0.15, 0.2) is 0 Å². The Morgan fingerprint density at radius 2 is 1.27 bits per heavy atom. The predicted molar refractivity (Wildman–Crippen MR) is 185 cm³/mol. The summed E-state index contributed by atoms with van der Waals surface area (Å²) in [6.07, 6.45) is 4.15. The first-order valence-corrected chi connectivity index (χ1v) is 15.1. The van der Waals surface area contributed by atoms with Crippen LogP contribution in [0, 0.1) is 0 Å². The van der Waals surface area contributed by atoms with Crippen molar-refractivity contribution in [1.29, 1.82) is 0 Å². The van der Waals surface area contributed by atoms with E-state index >= 15 is 0 Å². The molecule has 0 bridgehead atoms. The molecule has 0 spiro atoms. The molecule has 1 aliphatic rings. The Labute approximate surface area is 255 Å². The molecule has 9 rings (SSSR count). The van der Waals surface area contributed by atoms with Crippen LogP contribution in [0.3, 0.4) is 0 Å². The van der Waals surface area contributed by atoms with Crippen molar-refractivity contribution >= 4 is 66.4 Å². The summed E-state index contributed by atoms with van der Waals surface area (Å²) in [5.41, 5.74) is 7.75. The summed E-state index contributed by atoms with van der Waals surface area (Å²) in [4.78, 5) is 2.42. The van der Waals surface area contributed by atoms with Crippen LogP contribution in [-0.4, -0.2) is 0 Å². The van der Waals surface area contributed by atoms with E-state index in [1.165, 1.54) is 43.4 Å². The molecule has 0 aliphatic carbocycles. The van der Waals surface area contributed by atoms with Crippen molar-refractivity contribution in [2.45, 2.75) is 6.54 Å². The second-order valence-corrected chi connectivity index (χ2v) is 11.4. The molecule has 0 saturated heterocycles. The number of benzene rings is 7. The molecule has 1 aliphatic heterocycles. The highest BCUT2D eigenvalue weighted by molar-refractivity contribution is 6.24. The summed E-state index contributed by atoms with van der Waals surface area (Å²) in [6.45, 7) is 0.677. The van der Waals surface area contributed by atoms with Crippen LogP contribution in [0.4, 0.5) is 17.1 Å². The number of nitrogens with zero attached hydrogens (tertiary/aromatic N) is 1. The minimum Gasteiger partial charge on any atom is -0.458 e. The zero-order valence-corrected chi connectivity index (χ0v) is 24.0. The van der Waals surface area contributed by atoms with Gasteiger partial charge in [0.1, 0.15) is 11.3 Å². The Balaban J connectivity index is 1.38. The van der Waals surface area contributed by atoms with Gasteiger partial charge in [-0.05, 0) is 80.7 Å². The third-order valence-corrected chi connectivity index (χ3v) is 8.88. The van der Waals surface area contributed by atoms with Crippen LogP contribution in [0.5, 0.6) is 0 Å². The number of hydrogen-bond acceptors (Lipinski definition) is 3. The Kier molecular flexibility index (Phi) is 5.57. The van der Waals surface area contributed by atoms with Crippen molar-refractivity contribution in [2.24, 2.45) is 0 Å². The lowest BCUT2D eigenvalue weighted by molar-refractivity contribution is 0.532. The minimum atomic E-state index is 0.677. The van der Waals surface area contributed by atoms with E-state index in [4.69, 9.17) is 4.42 Å². The number of nitrogens with one attached hydrogen (secondary N) is 1. The largest absolute Gasteiger partial charge is 0.458 e. The lowest BCUT2D eigenvalue weighted by Crippen LogP contribution is -2.12. The van der Waals surface area contributed by atoms with E-state index in [0.29, 0.717) is 6.54 Å². The van der Waals surface area contributed by atoms with Crippen LogP contribution < -0.4 is 10.2 Å². The van der Waals surface area contributed by atoms with Gasteiger partial charge in [-0.3, -0.25) is 0 Å². The Morgan fingerprint density at radius 1 is 0.545 bits per heavy atom. The van der Waals surface area contributed by atoms with Crippen LogP contribution in [0.25, 0.3) is 60.5 Å². The number of hydrogen-bond donors (Lipinski definition) is 1. The molecule has 208 valence electrons. The molecule has 0 fully saturated rings. The molecule has 1 N–H and O–H groups in total. The average molecular weight is 565 g/mol. The van der Waals surface area contributed by atoms with E-state index in [2.05, 4.69) is 156 Å². The monoisotopic (exact) mass is 564 g/mol. The third kappa shape index (κ3) is 3.83. The molecule has 0 saturated carbocycles. The summed E-state index contributed by atoms with van der Waals surface area (Å²) in [6, 6.07) is 50.3. The molecule has 8 aromatic rings. The summed E-state index contributed by atoms with van der Waals surface area (Å²) in [5.74, 6) is 0.962. The first-order valence-electron chi connectivity index (χ1n) is 15.1. The van der Waals surface area contributed by atoms with E-state index < -0.39 is 0 Å². The van der Waals surface area contributed by atoms with E-state index in [-0.39, 0.29) is 0 Å². The first kappa shape index (κ1) is 24.8. The Bertz CT molecular complexity index is 2370. The van der Waals surface area contributed by atoms with Gasteiger partial charge < -0.3 is 14.6 Å². The van der Waals surface area contributed by atoms with Gasteiger partial charge in [-0.2, -0.15) is 0 Å². The topological polar surface area (TPSA) is 28.4 Å². The highest BCUT2D eigenvalue weighted by Gasteiger charge is 2.24. The SMILES string of the molecule is C1=Cc2c(oc3cccc(N(c4ccc(-c5ccccc5)cc4)c4cc5ccccc5c5c4ccc4ccccc45)c23)CN1. The first-order chi connectivity index (χ1) is 21.8. The van der Waals surface area contributed by atoms with Crippen molar-refractivity contribution in [2.75, 3.05) is 4.90 Å². The molecular weight excluding hydrogens is 536 g/mol. The van der Waals surface area contributed by atoms with Gasteiger partial charge in [0.05, 0.1) is 23.3 Å². The van der Waals surface area contributed by atoms with Crippen molar-refractivity contribution in [3.63, 3.8) is 0 Å². The molecule has 7 aromatic carbocycles. The molecule has 2 heterocycles. The molecule has 1 aromatic heterocycles. The lowest BCUT2D eigenvalue weighted by Gasteiger charge is -2.29. The maximum Gasteiger partial charge on any atom is 0.137 e. The van der Waals surface area contributed by atoms with E-state index in [1.54, 1.807) is 0 Å². The summed E-state index contributed by atoms with van der Waals surface area (Å²) >= 11 is 0. The summed E-state index contributed by atoms with van der Waals surface area (Å²) in [5, 5.41) is 11.9. The zero-order chi connectivity index (χ0) is 29.0. The number of rotatable bonds is 4. The van der Waals surface area contributed by atoms with Crippen LogP contribution in [-0.2, 0) is 6.54 Å². The number of furan rings is 1. The quantitative estimate of drug-likeness (QED) is 0.216. The second-order valence-electron chi connectivity index (χ2n) is 11.4. The molecule has 0 unspecified atom stereocenters. The minimum absolute atomic E-state index is 0.677. The normalized spacial score (nSPS) is 12.5. The molecule has 0 radical (unpaired) electrons. The van der Waals surface area contributed by atoms with Gasteiger partial charge in [0.2, 0.25) is 0 Å². The summed E-state index contributed by atoms with van der Waals surface area (Å²) < 4.78 is 6.40. The van der Waals surface area contributed by atoms with Gasteiger partial charge in [-0.25, -0.2) is 0 Å². The van der Waals surface area contributed by atoms with Gasteiger partial charge in [-0.1, -0.05) is 109 Å². The van der Waals surface area contributed by atoms with E-state index in [1.807, 2.05) is 6.20 Å². The third-order valence-electron chi connectivity index (χ3n) is 8.88. The van der Waals surface area contributed by atoms with Gasteiger partial charge in [0, 0.05) is 16.6 Å². The average Bonchev–Trinajstić information content (AvgIpc) is 3.48. The van der Waals surface area contributed by atoms with Crippen molar-refractivity contribution < 1.29 is 4.42 Å². The maximum atomic E-state index is 6.40. The van der Waals surface area contributed by atoms with Crippen LogP contribution >= 0.6 is 0 Å². The fraction of sp³-hybridized carbons (Fsp3) is 0.0244. The fourth-order valence-corrected chi connectivity index (χ4v) is 6.87. The lowest BCUT2D eigenvalue weighted by atomic mass is 9.94. The number of fused-ring (bicyclic) bond motifs is 8. The van der Waals surface area contributed by atoms with E-state index in [9.17, 15) is 0 Å². The smallest absolute Gasteiger partial charge is 0.137 e.